The summed E-state index contributed by atoms with van der Waals surface area (Å²) in [5.74, 6) is -0.219. The van der Waals surface area contributed by atoms with Crippen LogP contribution in [0.25, 0.3) is 0 Å². The molecule has 4 rings (SSSR count). The Balaban J connectivity index is 1.40. The van der Waals surface area contributed by atoms with Gasteiger partial charge in [0.05, 0.1) is 10.9 Å². The summed E-state index contributed by atoms with van der Waals surface area (Å²) in [6, 6.07) is 13.1. The van der Waals surface area contributed by atoms with Crippen LogP contribution in [0.4, 0.5) is 4.39 Å². The Hall–Kier alpha value is -2.29. The van der Waals surface area contributed by atoms with Crippen LogP contribution in [0, 0.1) is 12.7 Å². The third-order valence-electron chi connectivity index (χ3n) is 6.20. The molecule has 0 radical (unpaired) electrons. The second kappa shape index (κ2) is 9.06. The minimum absolute atomic E-state index is 0.0690. The lowest BCUT2D eigenvalue weighted by molar-refractivity contribution is -0.132. The average molecular weight is 446 g/mol. The number of carbonyl (C=O) groups is 1. The van der Waals surface area contributed by atoms with Crippen molar-refractivity contribution in [2.24, 2.45) is 0 Å². The lowest BCUT2D eigenvalue weighted by Crippen LogP contribution is -2.44. The van der Waals surface area contributed by atoms with Crippen LogP contribution in [0.1, 0.15) is 24.0 Å². The molecule has 0 aliphatic carbocycles. The molecule has 1 atom stereocenters. The molecule has 2 fully saturated rings. The summed E-state index contributed by atoms with van der Waals surface area (Å²) in [6.07, 6.45) is 1.41. The first kappa shape index (κ1) is 21.9. The maximum Gasteiger partial charge on any atom is 0.243 e. The Morgan fingerprint density at radius 3 is 2.45 bits per heavy atom. The van der Waals surface area contributed by atoms with Gasteiger partial charge in [0.1, 0.15) is 5.82 Å². The number of nitrogens with zero attached hydrogens (tertiary/aromatic N) is 3. The molecule has 31 heavy (non-hydrogen) atoms. The van der Waals surface area contributed by atoms with Crippen LogP contribution in [0.2, 0.25) is 0 Å². The van der Waals surface area contributed by atoms with E-state index in [1.807, 2.05) is 24.0 Å². The van der Waals surface area contributed by atoms with E-state index in [-0.39, 0.29) is 17.8 Å². The van der Waals surface area contributed by atoms with Crippen LogP contribution in [-0.2, 0) is 21.4 Å². The zero-order chi connectivity index (χ0) is 22.0. The highest BCUT2D eigenvalue weighted by Crippen LogP contribution is 2.24. The summed E-state index contributed by atoms with van der Waals surface area (Å²) in [5, 5.41) is 0. The average Bonchev–Trinajstić information content (AvgIpc) is 2.95. The van der Waals surface area contributed by atoms with E-state index >= 15 is 0 Å². The first-order chi connectivity index (χ1) is 14.9. The Morgan fingerprint density at radius 2 is 1.71 bits per heavy atom. The molecule has 0 spiro atoms. The van der Waals surface area contributed by atoms with Gasteiger partial charge in [-0.25, -0.2) is 12.8 Å². The highest BCUT2D eigenvalue weighted by molar-refractivity contribution is 7.89. The van der Waals surface area contributed by atoms with Gasteiger partial charge in [0.2, 0.25) is 15.9 Å². The van der Waals surface area contributed by atoms with Crippen molar-refractivity contribution in [1.29, 1.82) is 0 Å². The van der Waals surface area contributed by atoms with E-state index < -0.39 is 10.0 Å². The van der Waals surface area contributed by atoms with Gasteiger partial charge in [-0.1, -0.05) is 30.3 Å². The molecule has 2 saturated heterocycles. The van der Waals surface area contributed by atoms with Crippen molar-refractivity contribution in [3.8, 4) is 0 Å². The number of benzene rings is 2. The van der Waals surface area contributed by atoms with Crippen LogP contribution in [0.15, 0.2) is 53.4 Å². The van der Waals surface area contributed by atoms with Crippen LogP contribution >= 0.6 is 0 Å². The van der Waals surface area contributed by atoms with Crippen LogP contribution in [-0.4, -0.2) is 67.2 Å². The van der Waals surface area contributed by atoms with E-state index in [1.54, 1.807) is 28.6 Å². The summed E-state index contributed by atoms with van der Waals surface area (Å²) in [5.41, 5.74) is 1.65. The molecule has 2 heterocycles. The first-order valence-electron chi connectivity index (χ1n) is 10.7. The highest BCUT2D eigenvalue weighted by Gasteiger charge is 2.37. The molecule has 166 valence electrons. The Labute approximate surface area is 183 Å². The van der Waals surface area contributed by atoms with Gasteiger partial charge in [0.25, 0.3) is 0 Å². The number of likely N-dealkylation sites (tertiary alicyclic amines) is 1. The molecule has 0 saturated carbocycles. The zero-order valence-electron chi connectivity index (χ0n) is 17.7. The highest BCUT2D eigenvalue weighted by atomic mass is 32.2. The normalized spacial score (nSPS) is 21.4. The summed E-state index contributed by atoms with van der Waals surface area (Å²) in [4.78, 5) is 17.3. The number of aryl methyl sites for hydroxylation is 1. The molecule has 2 aliphatic heterocycles. The van der Waals surface area contributed by atoms with E-state index in [2.05, 4.69) is 4.90 Å². The van der Waals surface area contributed by atoms with Crippen molar-refractivity contribution in [3.05, 3.63) is 65.5 Å². The smallest absolute Gasteiger partial charge is 0.243 e. The lowest BCUT2D eigenvalue weighted by Gasteiger charge is -2.26. The summed E-state index contributed by atoms with van der Waals surface area (Å²) in [7, 11) is -3.55. The molecule has 8 heteroatoms. The van der Waals surface area contributed by atoms with Gasteiger partial charge in [-0.2, -0.15) is 4.31 Å². The molecule has 1 unspecified atom stereocenters. The molecule has 2 aromatic rings. The number of carbonyl (C=O) groups excluding carboxylic acids is 1. The quantitative estimate of drug-likeness (QED) is 0.710. The SMILES string of the molecule is Cc1ccccc1S(=O)(=O)N1CCCN(C2CCN(Cc3ccc(F)cc3)C2=O)CC1. The van der Waals surface area contributed by atoms with E-state index in [9.17, 15) is 17.6 Å². The van der Waals surface area contributed by atoms with Crippen molar-refractivity contribution in [2.45, 2.75) is 37.2 Å². The van der Waals surface area contributed by atoms with Gasteiger partial charge < -0.3 is 4.90 Å². The molecule has 0 bridgehead atoms. The molecule has 0 N–H and O–H groups in total. The number of sulfonamides is 1. The van der Waals surface area contributed by atoms with Gasteiger partial charge >= 0.3 is 0 Å². The fraction of sp³-hybridized carbons (Fsp3) is 0.435. The first-order valence-corrected chi connectivity index (χ1v) is 12.1. The molecular formula is C23H28FN3O3S. The number of amides is 1. The fourth-order valence-corrected chi connectivity index (χ4v) is 6.17. The standard InChI is InChI=1S/C23H28FN3O3S/c1-18-5-2-3-6-22(18)31(29,30)27-13-4-12-25(15-16-27)21-11-14-26(23(21)28)17-19-7-9-20(24)10-8-19/h2-3,5-10,21H,4,11-17H2,1H3. The lowest BCUT2D eigenvalue weighted by atomic mass is 10.2. The minimum atomic E-state index is -3.55. The maximum absolute atomic E-state index is 13.1. The molecular weight excluding hydrogens is 417 g/mol. The van der Waals surface area contributed by atoms with Gasteiger partial charge in [0.15, 0.2) is 0 Å². The number of hydrogen-bond acceptors (Lipinski definition) is 4. The molecule has 2 aromatic carbocycles. The van der Waals surface area contributed by atoms with Gasteiger partial charge in [-0.05, 0) is 49.1 Å². The summed E-state index contributed by atoms with van der Waals surface area (Å²) < 4.78 is 41.0. The summed E-state index contributed by atoms with van der Waals surface area (Å²) >= 11 is 0. The predicted molar refractivity (Wildman–Crippen MR) is 116 cm³/mol. The van der Waals surface area contributed by atoms with Crippen molar-refractivity contribution in [2.75, 3.05) is 32.7 Å². The largest absolute Gasteiger partial charge is 0.337 e. The number of rotatable bonds is 5. The number of halogens is 1. The molecule has 2 aliphatic rings. The van der Waals surface area contributed by atoms with Gasteiger partial charge in [0, 0.05) is 39.3 Å². The van der Waals surface area contributed by atoms with Crippen molar-refractivity contribution in [3.63, 3.8) is 0 Å². The third-order valence-corrected chi connectivity index (χ3v) is 8.26. The minimum Gasteiger partial charge on any atom is -0.337 e. The van der Waals surface area contributed by atoms with Crippen LogP contribution in [0.5, 0.6) is 0 Å². The second-order valence-corrected chi connectivity index (χ2v) is 10.2. The molecule has 1 amide bonds. The zero-order valence-corrected chi connectivity index (χ0v) is 18.5. The summed E-state index contributed by atoms with van der Waals surface area (Å²) in [6.45, 7) is 4.99. The predicted octanol–water partition coefficient (Wildman–Crippen LogP) is 2.63. The van der Waals surface area contributed by atoms with Gasteiger partial charge in [-0.15, -0.1) is 0 Å². The van der Waals surface area contributed by atoms with Crippen LogP contribution < -0.4 is 0 Å². The van der Waals surface area contributed by atoms with Crippen LogP contribution in [0.3, 0.4) is 0 Å². The van der Waals surface area contributed by atoms with E-state index in [1.165, 1.54) is 12.1 Å². The van der Waals surface area contributed by atoms with Crippen molar-refractivity contribution < 1.29 is 17.6 Å². The third kappa shape index (κ3) is 4.66. The van der Waals surface area contributed by atoms with E-state index in [0.29, 0.717) is 50.6 Å². The Kier molecular flexibility index (Phi) is 6.41. The molecule has 0 aromatic heterocycles. The monoisotopic (exact) mass is 445 g/mol. The van der Waals surface area contributed by atoms with Crippen molar-refractivity contribution >= 4 is 15.9 Å². The number of hydrogen-bond donors (Lipinski definition) is 0. The van der Waals surface area contributed by atoms with E-state index in [0.717, 1.165) is 17.5 Å². The van der Waals surface area contributed by atoms with Gasteiger partial charge in [-0.3, -0.25) is 9.69 Å². The maximum atomic E-state index is 13.1. The Morgan fingerprint density at radius 1 is 0.968 bits per heavy atom. The molecule has 6 nitrogen and oxygen atoms in total. The fourth-order valence-electron chi connectivity index (χ4n) is 4.48. The topological polar surface area (TPSA) is 60.9 Å². The second-order valence-electron chi connectivity index (χ2n) is 8.25. The van der Waals surface area contributed by atoms with Crippen molar-refractivity contribution in [1.82, 2.24) is 14.1 Å². The van der Waals surface area contributed by atoms with E-state index in [4.69, 9.17) is 0 Å². The Bertz CT molecular complexity index is 1040.